The molecule has 1 saturated heterocycles. The van der Waals surface area contributed by atoms with Gasteiger partial charge in [0.1, 0.15) is 11.6 Å². The van der Waals surface area contributed by atoms with Crippen molar-refractivity contribution in [1.29, 1.82) is 0 Å². The van der Waals surface area contributed by atoms with E-state index in [-0.39, 0.29) is 16.5 Å². The van der Waals surface area contributed by atoms with Crippen LogP contribution in [0.15, 0.2) is 42.5 Å². The van der Waals surface area contributed by atoms with E-state index < -0.39 is 5.82 Å². The van der Waals surface area contributed by atoms with Gasteiger partial charge in [0.15, 0.2) is 0 Å². The molecule has 0 atom stereocenters. The van der Waals surface area contributed by atoms with Crippen LogP contribution in [0.4, 0.5) is 4.39 Å². The molecule has 0 radical (unpaired) electrons. The van der Waals surface area contributed by atoms with Gasteiger partial charge < -0.3 is 10.1 Å². The van der Waals surface area contributed by atoms with Crippen LogP contribution in [-0.4, -0.2) is 37.6 Å². The SMILES string of the molecule is COc1cccc(CN2CC3(CC(CNC(=O)c4cc(F)cc(Cl)c4)C3)C2)c1. The van der Waals surface area contributed by atoms with Crippen molar-refractivity contribution in [2.75, 3.05) is 26.7 Å². The highest BCUT2D eigenvalue weighted by molar-refractivity contribution is 6.31. The lowest BCUT2D eigenvalue weighted by atomic mass is 9.57. The lowest BCUT2D eigenvalue weighted by molar-refractivity contribution is -0.0967. The van der Waals surface area contributed by atoms with Gasteiger partial charge in [0, 0.05) is 36.8 Å². The lowest BCUT2D eigenvalue weighted by Crippen LogP contribution is -2.62. The molecule has 0 unspecified atom stereocenters. The molecule has 1 N–H and O–H groups in total. The van der Waals surface area contributed by atoms with Gasteiger partial charge in [0.25, 0.3) is 5.91 Å². The van der Waals surface area contributed by atoms with Gasteiger partial charge in [0.05, 0.1) is 7.11 Å². The van der Waals surface area contributed by atoms with Crippen LogP contribution < -0.4 is 10.1 Å². The third kappa shape index (κ3) is 4.15. The van der Waals surface area contributed by atoms with Crippen molar-refractivity contribution >= 4 is 17.5 Å². The maximum Gasteiger partial charge on any atom is 0.251 e. The van der Waals surface area contributed by atoms with E-state index in [1.807, 2.05) is 12.1 Å². The number of carbonyl (C=O) groups is 1. The Bertz CT molecular complexity index is 854. The molecule has 148 valence electrons. The van der Waals surface area contributed by atoms with Crippen LogP contribution in [0, 0.1) is 17.2 Å². The first-order valence-electron chi connectivity index (χ1n) is 9.54. The summed E-state index contributed by atoms with van der Waals surface area (Å²) in [6, 6.07) is 12.1. The van der Waals surface area contributed by atoms with Crippen LogP contribution in [0.25, 0.3) is 0 Å². The van der Waals surface area contributed by atoms with Gasteiger partial charge in [0.2, 0.25) is 0 Å². The molecule has 1 heterocycles. The number of carbonyl (C=O) groups excluding carboxylic acids is 1. The first kappa shape index (κ1) is 19.2. The van der Waals surface area contributed by atoms with Gasteiger partial charge in [-0.25, -0.2) is 4.39 Å². The number of likely N-dealkylation sites (tertiary alicyclic amines) is 1. The van der Waals surface area contributed by atoms with E-state index in [0.717, 1.165) is 38.2 Å². The third-order valence-electron chi connectivity index (χ3n) is 5.78. The van der Waals surface area contributed by atoms with Crippen molar-refractivity contribution in [2.24, 2.45) is 11.3 Å². The minimum absolute atomic E-state index is 0.235. The third-order valence-corrected chi connectivity index (χ3v) is 6.00. The van der Waals surface area contributed by atoms with Gasteiger partial charge in [-0.2, -0.15) is 0 Å². The van der Waals surface area contributed by atoms with Crippen LogP contribution >= 0.6 is 11.6 Å². The number of benzene rings is 2. The summed E-state index contributed by atoms with van der Waals surface area (Å²) < 4.78 is 18.7. The fourth-order valence-corrected chi connectivity index (χ4v) is 4.86. The van der Waals surface area contributed by atoms with Crippen molar-refractivity contribution in [2.45, 2.75) is 19.4 Å². The number of hydrogen-bond donors (Lipinski definition) is 1. The Kier molecular flexibility index (Phi) is 5.30. The second kappa shape index (κ2) is 7.72. The fourth-order valence-electron chi connectivity index (χ4n) is 4.63. The molecule has 1 spiro atoms. The van der Waals surface area contributed by atoms with Crippen LogP contribution in [-0.2, 0) is 6.54 Å². The average Bonchev–Trinajstić information content (AvgIpc) is 2.60. The maximum absolute atomic E-state index is 13.4. The Morgan fingerprint density at radius 3 is 2.79 bits per heavy atom. The summed E-state index contributed by atoms with van der Waals surface area (Å²) in [6.07, 6.45) is 2.26. The highest BCUT2D eigenvalue weighted by Crippen LogP contribution is 2.51. The van der Waals surface area contributed by atoms with E-state index in [0.29, 0.717) is 17.9 Å². The van der Waals surface area contributed by atoms with E-state index in [1.54, 1.807) is 7.11 Å². The smallest absolute Gasteiger partial charge is 0.251 e. The Hall–Kier alpha value is -2.11. The number of halogens is 2. The second-order valence-corrected chi connectivity index (χ2v) is 8.58. The van der Waals surface area contributed by atoms with E-state index in [9.17, 15) is 9.18 Å². The zero-order valence-corrected chi connectivity index (χ0v) is 16.6. The summed E-state index contributed by atoms with van der Waals surface area (Å²) in [5.74, 6) is 0.625. The Morgan fingerprint density at radius 1 is 1.29 bits per heavy atom. The van der Waals surface area contributed by atoms with E-state index in [2.05, 4.69) is 22.3 Å². The number of hydrogen-bond acceptors (Lipinski definition) is 3. The Morgan fingerprint density at radius 2 is 2.07 bits per heavy atom. The summed E-state index contributed by atoms with van der Waals surface area (Å²) in [5.41, 5.74) is 1.95. The van der Waals surface area contributed by atoms with Crippen molar-refractivity contribution in [3.05, 3.63) is 64.4 Å². The fraction of sp³-hybridized carbons (Fsp3) is 0.409. The molecular formula is C22H24ClFN2O2. The van der Waals surface area contributed by atoms with Crippen LogP contribution in [0.3, 0.4) is 0 Å². The molecule has 1 amide bonds. The maximum atomic E-state index is 13.4. The largest absolute Gasteiger partial charge is 0.497 e. The molecule has 6 heteroatoms. The number of rotatable bonds is 6. The number of methoxy groups -OCH3 is 1. The van der Waals surface area contributed by atoms with Crippen molar-refractivity contribution in [1.82, 2.24) is 10.2 Å². The topological polar surface area (TPSA) is 41.6 Å². The van der Waals surface area contributed by atoms with E-state index in [1.165, 1.54) is 23.8 Å². The molecule has 2 aromatic carbocycles. The lowest BCUT2D eigenvalue weighted by Gasteiger charge is -2.59. The summed E-state index contributed by atoms with van der Waals surface area (Å²) in [6.45, 7) is 3.79. The summed E-state index contributed by atoms with van der Waals surface area (Å²) >= 11 is 5.82. The summed E-state index contributed by atoms with van der Waals surface area (Å²) in [4.78, 5) is 14.6. The van der Waals surface area contributed by atoms with Crippen molar-refractivity contribution in [3.8, 4) is 5.75 Å². The summed E-state index contributed by atoms with van der Waals surface area (Å²) in [7, 11) is 1.69. The molecule has 1 aliphatic heterocycles. The number of nitrogens with zero attached hydrogens (tertiary/aromatic N) is 1. The number of ether oxygens (including phenoxy) is 1. The predicted octanol–water partition coefficient (Wildman–Crippen LogP) is 4.13. The normalized spacial score (nSPS) is 18.4. The standard InChI is InChI=1S/C22H24ClFN2O2/c1-28-20-4-2-3-15(5-20)12-26-13-22(14-26)9-16(10-22)11-25-21(27)17-6-18(23)8-19(24)7-17/h2-8,16H,9-14H2,1H3,(H,25,27). The molecule has 28 heavy (non-hydrogen) atoms. The monoisotopic (exact) mass is 402 g/mol. The minimum Gasteiger partial charge on any atom is -0.497 e. The predicted molar refractivity (Wildman–Crippen MR) is 107 cm³/mol. The molecule has 1 aliphatic carbocycles. The zero-order valence-electron chi connectivity index (χ0n) is 15.9. The van der Waals surface area contributed by atoms with E-state index >= 15 is 0 Å². The highest BCUT2D eigenvalue weighted by atomic mass is 35.5. The van der Waals surface area contributed by atoms with Crippen LogP contribution in [0.5, 0.6) is 5.75 Å². The van der Waals surface area contributed by atoms with Crippen molar-refractivity contribution < 1.29 is 13.9 Å². The molecule has 2 aliphatic rings. The molecule has 4 rings (SSSR count). The number of nitrogens with one attached hydrogen (secondary N) is 1. The highest BCUT2D eigenvalue weighted by Gasteiger charge is 2.51. The Balaban J connectivity index is 1.20. The van der Waals surface area contributed by atoms with Gasteiger partial charge in [-0.15, -0.1) is 0 Å². The van der Waals surface area contributed by atoms with Crippen molar-refractivity contribution in [3.63, 3.8) is 0 Å². The first-order valence-corrected chi connectivity index (χ1v) is 9.92. The molecule has 0 aromatic heterocycles. The molecule has 0 bridgehead atoms. The molecule has 2 aromatic rings. The van der Waals surface area contributed by atoms with Gasteiger partial charge >= 0.3 is 0 Å². The molecule has 2 fully saturated rings. The molecular weight excluding hydrogens is 379 g/mol. The van der Waals surface area contributed by atoms with Gasteiger partial charge in [-0.3, -0.25) is 9.69 Å². The number of amides is 1. The Labute approximate surface area is 169 Å². The first-order chi connectivity index (χ1) is 13.4. The quantitative estimate of drug-likeness (QED) is 0.789. The van der Waals surface area contributed by atoms with Crippen LogP contribution in [0.1, 0.15) is 28.8 Å². The molecule has 1 saturated carbocycles. The minimum atomic E-state index is -0.495. The zero-order chi connectivity index (χ0) is 19.7. The van der Waals surface area contributed by atoms with Gasteiger partial charge in [-0.05, 0) is 60.1 Å². The van der Waals surface area contributed by atoms with Crippen LogP contribution in [0.2, 0.25) is 5.02 Å². The van der Waals surface area contributed by atoms with Gasteiger partial charge in [-0.1, -0.05) is 23.7 Å². The second-order valence-electron chi connectivity index (χ2n) is 8.14. The summed E-state index contributed by atoms with van der Waals surface area (Å²) in [5, 5.41) is 3.15. The van der Waals surface area contributed by atoms with E-state index in [4.69, 9.17) is 16.3 Å². The molecule has 4 nitrogen and oxygen atoms in total. The average molecular weight is 403 g/mol.